The number of carbonyl (C=O) groups excluding carboxylic acids is 1. The van der Waals surface area contributed by atoms with Crippen LogP contribution in [0.2, 0.25) is 0 Å². The summed E-state index contributed by atoms with van der Waals surface area (Å²) < 4.78 is 10.5. The van der Waals surface area contributed by atoms with Gasteiger partial charge in [-0.2, -0.15) is 0 Å². The van der Waals surface area contributed by atoms with Gasteiger partial charge >= 0.3 is 0 Å². The van der Waals surface area contributed by atoms with Crippen LogP contribution in [-0.2, 0) is 17.6 Å². The van der Waals surface area contributed by atoms with Gasteiger partial charge in [0.1, 0.15) is 11.5 Å². The number of aromatic nitrogens is 1. The number of nitrogens with one attached hydrogen (secondary N) is 1. The molecule has 0 bridgehead atoms. The fraction of sp³-hybridized carbons (Fsp3) is 0.375. The molecule has 1 aliphatic rings. The van der Waals surface area contributed by atoms with Gasteiger partial charge in [0.25, 0.3) is 0 Å². The fourth-order valence-corrected chi connectivity index (χ4v) is 3.56. The molecule has 3 rings (SSSR count). The van der Waals surface area contributed by atoms with Crippen LogP contribution in [0, 0.1) is 5.92 Å². The number of rotatable bonds is 4. The number of thiazole rings is 1. The van der Waals surface area contributed by atoms with Gasteiger partial charge in [0.05, 0.1) is 31.1 Å². The molecule has 1 amide bonds. The van der Waals surface area contributed by atoms with E-state index in [2.05, 4.69) is 10.3 Å². The van der Waals surface area contributed by atoms with E-state index in [9.17, 15) is 4.79 Å². The summed E-state index contributed by atoms with van der Waals surface area (Å²) in [4.78, 5) is 18.1. The summed E-state index contributed by atoms with van der Waals surface area (Å²) in [6.45, 7) is 0. The summed E-state index contributed by atoms with van der Waals surface area (Å²) in [5, 5.41) is 2.97. The maximum absolute atomic E-state index is 12.5. The highest BCUT2D eigenvalue weighted by atomic mass is 32.1. The van der Waals surface area contributed by atoms with Gasteiger partial charge in [0, 0.05) is 16.9 Å². The number of methoxy groups -OCH3 is 2. The molecule has 1 N–H and O–H groups in total. The number of ether oxygens (including phenoxy) is 2. The zero-order valence-corrected chi connectivity index (χ0v) is 13.4. The molecule has 0 spiro atoms. The van der Waals surface area contributed by atoms with Gasteiger partial charge in [-0.25, -0.2) is 4.98 Å². The number of benzene rings is 1. The van der Waals surface area contributed by atoms with Gasteiger partial charge < -0.3 is 14.8 Å². The number of fused-ring (bicyclic) bond motifs is 1. The van der Waals surface area contributed by atoms with E-state index >= 15 is 0 Å². The molecule has 1 aromatic carbocycles. The second-order valence-corrected chi connectivity index (χ2v) is 6.16. The van der Waals surface area contributed by atoms with Crippen LogP contribution in [-0.4, -0.2) is 25.1 Å². The van der Waals surface area contributed by atoms with Gasteiger partial charge in [0.15, 0.2) is 0 Å². The molecule has 1 heterocycles. The average molecular weight is 318 g/mol. The van der Waals surface area contributed by atoms with Crippen LogP contribution in [0.25, 0.3) is 0 Å². The molecule has 6 heteroatoms. The minimum absolute atomic E-state index is 0.0141. The van der Waals surface area contributed by atoms with Gasteiger partial charge in [-0.1, -0.05) is 0 Å². The van der Waals surface area contributed by atoms with Crippen molar-refractivity contribution < 1.29 is 14.3 Å². The lowest BCUT2D eigenvalue weighted by atomic mass is 9.90. The topological polar surface area (TPSA) is 60.5 Å². The highest BCUT2D eigenvalue weighted by Crippen LogP contribution is 2.32. The van der Waals surface area contributed by atoms with Crippen molar-refractivity contribution >= 4 is 22.9 Å². The van der Waals surface area contributed by atoms with E-state index in [4.69, 9.17) is 9.47 Å². The number of hydrogen-bond donors (Lipinski definition) is 1. The van der Waals surface area contributed by atoms with Crippen molar-refractivity contribution in [3.05, 3.63) is 34.3 Å². The van der Waals surface area contributed by atoms with Crippen LogP contribution < -0.4 is 14.8 Å². The first-order chi connectivity index (χ1) is 10.7. The van der Waals surface area contributed by atoms with Gasteiger partial charge in [-0.3, -0.25) is 4.79 Å². The van der Waals surface area contributed by atoms with Gasteiger partial charge in [-0.15, -0.1) is 11.3 Å². The zero-order chi connectivity index (χ0) is 15.5. The highest BCUT2D eigenvalue weighted by Gasteiger charge is 2.26. The highest BCUT2D eigenvalue weighted by molar-refractivity contribution is 7.09. The normalized spacial score (nSPS) is 16.7. The zero-order valence-electron chi connectivity index (χ0n) is 12.6. The first kappa shape index (κ1) is 14.8. The lowest BCUT2D eigenvalue weighted by Gasteiger charge is -2.21. The molecule has 22 heavy (non-hydrogen) atoms. The largest absolute Gasteiger partial charge is 0.497 e. The Morgan fingerprint density at radius 2 is 2.23 bits per heavy atom. The van der Waals surface area contributed by atoms with Crippen molar-refractivity contribution in [1.82, 2.24) is 4.98 Å². The first-order valence-corrected chi connectivity index (χ1v) is 8.03. The molecule has 0 fully saturated rings. The second kappa shape index (κ2) is 6.36. The van der Waals surface area contributed by atoms with E-state index in [1.165, 1.54) is 4.88 Å². The molecule has 1 unspecified atom stereocenters. The molecule has 5 nitrogen and oxygen atoms in total. The summed E-state index contributed by atoms with van der Waals surface area (Å²) >= 11 is 1.63. The van der Waals surface area contributed by atoms with Crippen molar-refractivity contribution in [2.45, 2.75) is 19.3 Å². The van der Waals surface area contributed by atoms with Crippen LogP contribution >= 0.6 is 11.3 Å². The lowest BCUT2D eigenvalue weighted by molar-refractivity contribution is -0.120. The van der Waals surface area contributed by atoms with Crippen molar-refractivity contribution in [3.63, 3.8) is 0 Å². The fourth-order valence-electron chi connectivity index (χ4n) is 2.66. The van der Waals surface area contributed by atoms with Gasteiger partial charge in [-0.05, 0) is 31.4 Å². The molecule has 116 valence electrons. The Hall–Kier alpha value is -2.08. The molecule has 1 aromatic heterocycles. The molecule has 0 saturated heterocycles. The Morgan fingerprint density at radius 1 is 1.36 bits per heavy atom. The molecular weight excluding hydrogens is 300 g/mol. The summed E-state index contributed by atoms with van der Waals surface area (Å²) in [6, 6.07) is 5.37. The van der Waals surface area contributed by atoms with E-state index in [1.807, 2.05) is 5.51 Å². The number of nitrogens with zero attached hydrogens (tertiary/aromatic N) is 1. The Labute approximate surface area is 133 Å². The van der Waals surface area contributed by atoms with E-state index in [0.29, 0.717) is 17.2 Å². The smallest absolute Gasteiger partial charge is 0.227 e. The minimum Gasteiger partial charge on any atom is -0.497 e. The van der Waals surface area contributed by atoms with E-state index in [0.717, 1.165) is 25.0 Å². The Morgan fingerprint density at radius 3 is 3.00 bits per heavy atom. The number of carbonyl (C=O) groups is 1. The molecule has 0 aliphatic heterocycles. The number of aryl methyl sites for hydroxylation is 1. The molecule has 0 radical (unpaired) electrons. The first-order valence-electron chi connectivity index (χ1n) is 7.15. The van der Waals surface area contributed by atoms with E-state index in [-0.39, 0.29) is 11.8 Å². The lowest BCUT2D eigenvalue weighted by Crippen LogP contribution is -2.27. The van der Waals surface area contributed by atoms with Crippen molar-refractivity contribution in [2.24, 2.45) is 5.92 Å². The maximum atomic E-state index is 12.5. The standard InChI is InChI=1S/C16H18N2O3S/c1-20-11-4-6-12(14(8-11)21-2)18-16(19)10-3-5-13-15(7-10)22-9-17-13/h4,6,8-10H,3,5,7H2,1-2H3,(H,18,19). The van der Waals surface area contributed by atoms with Crippen molar-refractivity contribution in [2.75, 3.05) is 19.5 Å². The minimum atomic E-state index is -0.0141. The summed E-state index contributed by atoms with van der Waals surface area (Å²) in [7, 11) is 3.18. The second-order valence-electron chi connectivity index (χ2n) is 5.22. The average Bonchev–Trinajstić information content (AvgIpc) is 3.02. The Bertz CT molecular complexity index is 684. The third-order valence-electron chi connectivity index (χ3n) is 3.92. The molecular formula is C16H18N2O3S. The molecule has 2 aromatic rings. The predicted octanol–water partition coefficient (Wildman–Crippen LogP) is 2.90. The van der Waals surface area contributed by atoms with Crippen LogP contribution in [0.5, 0.6) is 11.5 Å². The third kappa shape index (κ3) is 2.92. The monoisotopic (exact) mass is 318 g/mol. The van der Waals surface area contributed by atoms with Crippen LogP contribution in [0.4, 0.5) is 5.69 Å². The summed E-state index contributed by atoms with van der Waals surface area (Å²) in [6.07, 6.45) is 2.47. The van der Waals surface area contributed by atoms with Crippen LogP contribution in [0.15, 0.2) is 23.7 Å². The number of anilines is 1. The third-order valence-corrected chi connectivity index (χ3v) is 4.82. The quantitative estimate of drug-likeness (QED) is 0.941. The number of amides is 1. The van der Waals surface area contributed by atoms with Crippen LogP contribution in [0.3, 0.4) is 0 Å². The van der Waals surface area contributed by atoms with Gasteiger partial charge in [0.2, 0.25) is 5.91 Å². The molecule has 1 aliphatic carbocycles. The van der Waals surface area contributed by atoms with E-state index in [1.54, 1.807) is 43.8 Å². The van der Waals surface area contributed by atoms with Crippen molar-refractivity contribution in [1.29, 1.82) is 0 Å². The Kier molecular flexibility index (Phi) is 4.29. The molecule has 0 saturated carbocycles. The van der Waals surface area contributed by atoms with Crippen LogP contribution in [0.1, 0.15) is 17.0 Å². The van der Waals surface area contributed by atoms with E-state index < -0.39 is 0 Å². The number of hydrogen-bond acceptors (Lipinski definition) is 5. The molecule has 1 atom stereocenters. The summed E-state index contributed by atoms with van der Waals surface area (Å²) in [5.74, 6) is 1.31. The van der Waals surface area contributed by atoms with Crippen molar-refractivity contribution in [3.8, 4) is 11.5 Å². The summed E-state index contributed by atoms with van der Waals surface area (Å²) in [5.41, 5.74) is 3.68. The SMILES string of the molecule is COc1ccc(NC(=O)C2CCc3ncsc3C2)c(OC)c1. The Balaban J connectivity index is 1.72. The predicted molar refractivity (Wildman–Crippen MR) is 85.8 cm³/mol. The maximum Gasteiger partial charge on any atom is 0.227 e.